The summed E-state index contributed by atoms with van der Waals surface area (Å²) in [6, 6.07) is 17.1. The first kappa shape index (κ1) is 24.2. The number of carbonyl (C=O) groups is 1. The maximum atomic E-state index is 14.5. The molecule has 0 aliphatic carbocycles. The molecule has 9 heteroatoms. The predicted molar refractivity (Wildman–Crippen MR) is 124 cm³/mol. The molecule has 0 unspecified atom stereocenters. The van der Waals surface area contributed by atoms with Gasteiger partial charge in [-0.05, 0) is 35.9 Å². The maximum Gasteiger partial charge on any atom is 0.258 e. The van der Waals surface area contributed by atoms with Crippen molar-refractivity contribution in [1.82, 2.24) is 4.31 Å². The summed E-state index contributed by atoms with van der Waals surface area (Å²) in [4.78, 5) is 12.7. The number of anilines is 1. The Bertz CT molecular complexity index is 1230. The highest BCUT2D eigenvalue weighted by Crippen LogP contribution is 2.30. The lowest BCUT2D eigenvalue weighted by Crippen LogP contribution is -2.30. The van der Waals surface area contributed by atoms with E-state index in [1.54, 1.807) is 19.1 Å². The maximum absolute atomic E-state index is 14.5. The van der Waals surface area contributed by atoms with Crippen LogP contribution in [0.1, 0.15) is 22.8 Å². The standard InChI is InChI=1S/C24H25FN2O5S/c1-4-27(16-17-8-6-5-7-9-17)33(29,30)19-11-12-21(25)20(15-19)24(28)26-22-14-18(31-2)10-13-23(22)32-3/h5-15H,4,16H2,1-3H3,(H,26,28). The number of nitrogens with one attached hydrogen (secondary N) is 1. The van der Waals surface area contributed by atoms with Crippen LogP contribution in [0.4, 0.5) is 10.1 Å². The fourth-order valence-corrected chi connectivity index (χ4v) is 4.71. The Hall–Kier alpha value is -3.43. The van der Waals surface area contributed by atoms with Crippen LogP contribution in [0.3, 0.4) is 0 Å². The molecule has 1 N–H and O–H groups in total. The van der Waals surface area contributed by atoms with Gasteiger partial charge >= 0.3 is 0 Å². The first-order valence-corrected chi connectivity index (χ1v) is 11.6. The van der Waals surface area contributed by atoms with E-state index in [1.165, 1.54) is 24.6 Å². The van der Waals surface area contributed by atoms with Crippen molar-refractivity contribution in [2.45, 2.75) is 18.4 Å². The third kappa shape index (κ3) is 5.50. The van der Waals surface area contributed by atoms with Gasteiger partial charge < -0.3 is 14.8 Å². The van der Waals surface area contributed by atoms with Gasteiger partial charge in [0, 0.05) is 19.2 Å². The van der Waals surface area contributed by atoms with Crippen molar-refractivity contribution in [3.8, 4) is 11.5 Å². The minimum atomic E-state index is -3.98. The molecule has 174 valence electrons. The second-order valence-electron chi connectivity index (χ2n) is 7.08. The molecule has 0 aliphatic heterocycles. The predicted octanol–water partition coefficient (Wildman–Crippen LogP) is 4.31. The summed E-state index contributed by atoms with van der Waals surface area (Å²) in [6.07, 6.45) is 0. The van der Waals surface area contributed by atoms with Crippen LogP contribution in [0.2, 0.25) is 0 Å². The van der Waals surface area contributed by atoms with Crippen molar-refractivity contribution in [1.29, 1.82) is 0 Å². The molecule has 0 heterocycles. The number of amides is 1. The van der Waals surface area contributed by atoms with E-state index in [1.807, 2.05) is 30.3 Å². The van der Waals surface area contributed by atoms with E-state index in [4.69, 9.17) is 9.47 Å². The van der Waals surface area contributed by atoms with Gasteiger partial charge in [0.2, 0.25) is 10.0 Å². The second-order valence-corrected chi connectivity index (χ2v) is 9.02. The average Bonchev–Trinajstić information content (AvgIpc) is 2.83. The Morgan fingerprint density at radius 2 is 1.73 bits per heavy atom. The largest absolute Gasteiger partial charge is 0.497 e. The van der Waals surface area contributed by atoms with Crippen LogP contribution in [-0.2, 0) is 16.6 Å². The van der Waals surface area contributed by atoms with Crippen molar-refractivity contribution in [2.24, 2.45) is 0 Å². The van der Waals surface area contributed by atoms with Gasteiger partial charge in [-0.15, -0.1) is 0 Å². The van der Waals surface area contributed by atoms with Crippen LogP contribution in [0, 0.1) is 5.82 Å². The number of benzene rings is 3. The lowest BCUT2D eigenvalue weighted by molar-refractivity contribution is 0.102. The van der Waals surface area contributed by atoms with Gasteiger partial charge in [-0.25, -0.2) is 12.8 Å². The van der Waals surface area contributed by atoms with Crippen LogP contribution in [-0.4, -0.2) is 39.4 Å². The number of hydrogen-bond donors (Lipinski definition) is 1. The van der Waals surface area contributed by atoms with Crippen molar-refractivity contribution >= 4 is 21.6 Å². The van der Waals surface area contributed by atoms with Crippen molar-refractivity contribution in [3.05, 3.63) is 83.7 Å². The molecule has 0 aromatic heterocycles. The van der Waals surface area contributed by atoms with Crippen molar-refractivity contribution < 1.29 is 27.1 Å². The second kappa shape index (κ2) is 10.5. The minimum absolute atomic E-state index is 0.152. The molecule has 3 rings (SSSR count). The summed E-state index contributed by atoms with van der Waals surface area (Å²) >= 11 is 0. The number of halogens is 1. The highest BCUT2D eigenvalue weighted by Gasteiger charge is 2.26. The average molecular weight is 473 g/mol. The number of sulfonamides is 1. The summed E-state index contributed by atoms with van der Waals surface area (Å²) < 4.78 is 52.6. The normalized spacial score (nSPS) is 11.3. The van der Waals surface area contributed by atoms with Crippen LogP contribution >= 0.6 is 0 Å². The van der Waals surface area contributed by atoms with Crippen LogP contribution in [0.5, 0.6) is 11.5 Å². The van der Waals surface area contributed by atoms with E-state index in [2.05, 4.69) is 5.32 Å². The van der Waals surface area contributed by atoms with Gasteiger partial charge in [0.05, 0.1) is 30.4 Å². The number of nitrogens with zero attached hydrogens (tertiary/aromatic N) is 1. The molecule has 0 radical (unpaired) electrons. The SMILES string of the molecule is CCN(Cc1ccccc1)S(=O)(=O)c1ccc(F)c(C(=O)Nc2cc(OC)ccc2OC)c1. The van der Waals surface area contributed by atoms with E-state index >= 15 is 0 Å². The van der Waals surface area contributed by atoms with Crippen LogP contribution in [0.25, 0.3) is 0 Å². The molecule has 0 fully saturated rings. The molecule has 1 amide bonds. The van der Waals surface area contributed by atoms with Gasteiger partial charge in [0.1, 0.15) is 17.3 Å². The van der Waals surface area contributed by atoms with Gasteiger partial charge in [-0.2, -0.15) is 4.31 Å². The number of ether oxygens (including phenoxy) is 2. The zero-order valence-electron chi connectivity index (χ0n) is 18.5. The quantitative estimate of drug-likeness (QED) is 0.502. The van der Waals surface area contributed by atoms with E-state index in [-0.39, 0.29) is 23.7 Å². The van der Waals surface area contributed by atoms with Crippen molar-refractivity contribution in [3.63, 3.8) is 0 Å². The fraction of sp³-hybridized carbons (Fsp3) is 0.208. The minimum Gasteiger partial charge on any atom is -0.497 e. The molecule has 0 bridgehead atoms. The van der Waals surface area contributed by atoms with E-state index in [0.29, 0.717) is 11.5 Å². The molecule has 0 spiro atoms. The first-order chi connectivity index (χ1) is 15.8. The summed E-state index contributed by atoms with van der Waals surface area (Å²) in [5.74, 6) is -0.864. The van der Waals surface area contributed by atoms with Gasteiger partial charge in [-0.3, -0.25) is 4.79 Å². The fourth-order valence-electron chi connectivity index (χ4n) is 3.24. The van der Waals surface area contributed by atoms with Crippen LogP contribution in [0.15, 0.2) is 71.6 Å². The zero-order valence-corrected chi connectivity index (χ0v) is 19.4. The van der Waals surface area contributed by atoms with Crippen LogP contribution < -0.4 is 14.8 Å². The number of hydrogen-bond acceptors (Lipinski definition) is 5. The Morgan fingerprint density at radius 1 is 1.00 bits per heavy atom. The topological polar surface area (TPSA) is 84.9 Å². The third-order valence-corrected chi connectivity index (χ3v) is 6.95. The number of carbonyl (C=O) groups excluding carboxylic acids is 1. The van der Waals surface area contributed by atoms with Gasteiger partial charge in [-0.1, -0.05) is 37.3 Å². The van der Waals surface area contributed by atoms with E-state index < -0.39 is 27.3 Å². The number of methoxy groups -OCH3 is 2. The first-order valence-electron chi connectivity index (χ1n) is 10.2. The van der Waals surface area contributed by atoms with E-state index in [0.717, 1.165) is 23.8 Å². The Balaban J connectivity index is 1.92. The Kier molecular flexibility index (Phi) is 7.67. The molecule has 0 atom stereocenters. The molecular weight excluding hydrogens is 447 g/mol. The van der Waals surface area contributed by atoms with Gasteiger partial charge in [0.15, 0.2) is 0 Å². The Labute approximate surface area is 192 Å². The monoisotopic (exact) mass is 472 g/mol. The lowest BCUT2D eigenvalue weighted by Gasteiger charge is -2.21. The molecule has 0 aliphatic rings. The molecule has 3 aromatic rings. The Morgan fingerprint density at radius 3 is 2.36 bits per heavy atom. The highest BCUT2D eigenvalue weighted by molar-refractivity contribution is 7.89. The summed E-state index contributed by atoms with van der Waals surface area (Å²) in [6.45, 7) is 2.07. The smallest absolute Gasteiger partial charge is 0.258 e. The molecule has 0 saturated heterocycles. The lowest BCUT2D eigenvalue weighted by atomic mass is 10.2. The molecular formula is C24H25FN2O5S. The summed E-state index contributed by atoms with van der Waals surface area (Å²) in [5.41, 5.74) is 0.665. The van der Waals surface area contributed by atoms with Gasteiger partial charge in [0.25, 0.3) is 5.91 Å². The van der Waals surface area contributed by atoms with Crippen molar-refractivity contribution in [2.75, 3.05) is 26.1 Å². The molecule has 7 nitrogen and oxygen atoms in total. The molecule has 0 saturated carbocycles. The third-order valence-electron chi connectivity index (χ3n) is 5.03. The summed E-state index contributed by atoms with van der Waals surface area (Å²) in [7, 11) is -1.08. The summed E-state index contributed by atoms with van der Waals surface area (Å²) in [5, 5.41) is 2.56. The number of rotatable bonds is 9. The highest BCUT2D eigenvalue weighted by atomic mass is 32.2. The zero-order chi connectivity index (χ0) is 24.0. The molecule has 3 aromatic carbocycles. The molecule has 33 heavy (non-hydrogen) atoms. The van der Waals surface area contributed by atoms with E-state index in [9.17, 15) is 17.6 Å².